The average molecular weight is 336 g/mol. The van der Waals surface area contributed by atoms with E-state index in [1.807, 2.05) is 24.3 Å². The monoisotopic (exact) mass is 336 g/mol. The fourth-order valence-corrected chi connectivity index (χ4v) is 2.80. The first kappa shape index (κ1) is 18.4. The smallest absolute Gasteiger partial charge is 0.407 e. The largest absolute Gasteiger partial charge is 0.492 e. The summed E-state index contributed by atoms with van der Waals surface area (Å²) in [5.74, 6) is 1.65. The van der Waals surface area contributed by atoms with Crippen molar-refractivity contribution in [2.45, 2.75) is 32.8 Å². The summed E-state index contributed by atoms with van der Waals surface area (Å²) in [7, 11) is 0. The number of nitrogens with zero attached hydrogens (tertiary/aromatic N) is 2. The van der Waals surface area contributed by atoms with Crippen LogP contribution in [0.25, 0.3) is 0 Å². The summed E-state index contributed by atoms with van der Waals surface area (Å²) in [6, 6.07) is 7.67. The van der Waals surface area contributed by atoms with Crippen LogP contribution < -0.4 is 9.47 Å². The van der Waals surface area contributed by atoms with Crippen molar-refractivity contribution in [3.05, 3.63) is 24.3 Å². The molecule has 1 aliphatic rings. The van der Waals surface area contributed by atoms with E-state index in [9.17, 15) is 4.79 Å². The second-order valence-electron chi connectivity index (χ2n) is 5.93. The molecular weight excluding hydrogens is 308 g/mol. The van der Waals surface area contributed by atoms with Crippen molar-refractivity contribution in [2.75, 3.05) is 39.3 Å². The zero-order valence-corrected chi connectivity index (χ0v) is 14.6. The van der Waals surface area contributed by atoms with E-state index in [0.717, 1.165) is 44.0 Å². The maximum Gasteiger partial charge on any atom is 0.407 e. The van der Waals surface area contributed by atoms with E-state index >= 15 is 0 Å². The normalized spacial score (nSPS) is 15.5. The van der Waals surface area contributed by atoms with Crippen LogP contribution in [0, 0.1) is 0 Å². The molecule has 1 aromatic rings. The maximum atomic E-state index is 10.9. The number of piperidine rings is 1. The van der Waals surface area contributed by atoms with Crippen LogP contribution in [0.2, 0.25) is 0 Å². The van der Waals surface area contributed by atoms with Gasteiger partial charge in [0.25, 0.3) is 0 Å². The lowest BCUT2D eigenvalue weighted by atomic mass is 10.1. The summed E-state index contributed by atoms with van der Waals surface area (Å²) in [4.78, 5) is 14.6. The standard InChI is InChI=1S/C18H28N2O4/c1-3-19(4-2)13-14-23-15-5-7-16(8-6-15)24-17-9-11-20(12-10-17)18(21)22/h5-8,17H,3-4,9-14H2,1-2H3,(H,21,22). The number of carboxylic acid groups (broad SMARTS) is 1. The Morgan fingerprint density at radius 2 is 1.75 bits per heavy atom. The minimum Gasteiger partial charge on any atom is -0.492 e. The highest BCUT2D eigenvalue weighted by Crippen LogP contribution is 2.22. The van der Waals surface area contributed by atoms with E-state index in [1.54, 1.807) is 0 Å². The lowest BCUT2D eigenvalue weighted by Crippen LogP contribution is -2.41. The van der Waals surface area contributed by atoms with Crippen LogP contribution in [-0.4, -0.2) is 66.4 Å². The van der Waals surface area contributed by atoms with Crippen molar-refractivity contribution in [1.82, 2.24) is 9.80 Å². The van der Waals surface area contributed by atoms with Gasteiger partial charge in [-0.05, 0) is 37.4 Å². The molecule has 0 saturated carbocycles. The quantitative estimate of drug-likeness (QED) is 0.791. The Kier molecular flexibility index (Phi) is 7.18. The zero-order valence-electron chi connectivity index (χ0n) is 14.6. The highest BCUT2D eigenvalue weighted by molar-refractivity contribution is 5.65. The van der Waals surface area contributed by atoms with E-state index in [1.165, 1.54) is 4.90 Å². The molecule has 0 radical (unpaired) electrons. The Balaban J connectivity index is 1.73. The molecule has 1 aliphatic heterocycles. The lowest BCUT2D eigenvalue weighted by molar-refractivity contribution is 0.0894. The molecule has 2 rings (SSSR count). The second kappa shape index (κ2) is 9.37. The second-order valence-corrected chi connectivity index (χ2v) is 5.93. The third-order valence-electron chi connectivity index (χ3n) is 4.41. The molecule has 0 bridgehead atoms. The lowest BCUT2D eigenvalue weighted by Gasteiger charge is -2.30. The van der Waals surface area contributed by atoms with Crippen LogP contribution in [-0.2, 0) is 0 Å². The van der Waals surface area contributed by atoms with Gasteiger partial charge in [-0.1, -0.05) is 13.8 Å². The van der Waals surface area contributed by atoms with Crippen molar-refractivity contribution >= 4 is 6.09 Å². The number of benzene rings is 1. The van der Waals surface area contributed by atoms with Gasteiger partial charge in [-0.15, -0.1) is 0 Å². The summed E-state index contributed by atoms with van der Waals surface area (Å²) in [5, 5.41) is 8.95. The Morgan fingerprint density at radius 1 is 1.17 bits per heavy atom. The van der Waals surface area contributed by atoms with Crippen molar-refractivity contribution in [2.24, 2.45) is 0 Å². The molecule has 1 saturated heterocycles. The molecule has 0 atom stereocenters. The summed E-state index contributed by atoms with van der Waals surface area (Å²) in [6.07, 6.45) is 0.692. The predicted octanol–water partition coefficient (Wildman–Crippen LogP) is 2.93. The van der Waals surface area contributed by atoms with Crippen molar-refractivity contribution in [3.8, 4) is 11.5 Å². The topological polar surface area (TPSA) is 62.2 Å². The summed E-state index contributed by atoms with van der Waals surface area (Å²) >= 11 is 0. The number of hydrogen-bond donors (Lipinski definition) is 1. The van der Waals surface area contributed by atoms with Crippen LogP contribution in [0.1, 0.15) is 26.7 Å². The summed E-state index contributed by atoms with van der Waals surface area (Å²) in [5.41, 5.74) is 0. The number of amides is 1. The van der Waals surface area contributed by atoms with E-state index in [4.69, 9.17) is 14.6 Å². The Labute approximate surface area is 144 Å². The fraction of sp³-hybridized carbons (Fsp3) is 0.611. The SMILES string of the molecule is CCN(CC)CCOc1ccc(OC2CCN(C(=O)O)CC2)cc1. The van der Waals surface area contributed by atoms with Crippen LogP contribution in [0.4, 0.5) is 4.79 Å². The van der Waals surface area contributed by atoms with Gasteiger partial charge in [0, 0.05) is 32.5 Å². The molecule has 1 N–H and O–H groups in total. The molecule has 1 heterocycles. The van der Waals surface area contributed by atoms with Gasteiger partial charge >= 0.3 is 6.09 Å². The van der Waals surface area contributed by atoms with E-state index in [0.29, 0.717) is 19.7 Å². The van der Waals surface area contributed by atoms with Gasteiger partial charge in [0.15, 0.2) is 0 Å². The molecule has 0 spiro atoms. The first-order valence-corrected chi connectivity index (χ1v) is 8.72. The van der Waals surface area contributed by atoms with E-state index in [2.05, 4.69) is 18.7 Å². The first-order valence-electron chi connectivity index (χ1n) is 8.72. The van der Waals surface area contributed by atoms with Gasteiger partial charge in [0.2, 0.25) is 0 Å². The molecule has 24 heavy (non-hydrogen) atoms. The third-order valence-corrected chi connectivity index (χ3v) is 4.41. The maximum absolute atomic E-state index is 10.9. The summed E-state index contributed by atoms with van der Waals surface area (Å²) < 4.78 is 11.7. The first-order chi connectivity index (χ1) is 11.6. The molecular formula is C18H28N2O4. The molecule has 6 nitrogen and oxygen atoms in total. The van der Waals surface area contributed by atoms with Crippen molar-refractivity contribution < 1.29 is 19.4 Å². The Hall–Kier alpha value is -1.95. The zero-order chi connectivity index (χ0) is 17.4. The minimum absolute atomic E-state index is 0.0787. The van der Waals surface area contributed by atoms with Crippen molar-refractivity contribution in [1.29, 1.82) is 0 Å². The average Bonchev–Trinajstić information content (AvgIpc) is 2.60. The number of rotatable bonds is 8. The Morgan fingerprint density at radius 3 is 2.29 bits per heavy atom. The molecule has 1 amide bonds. The van der Waals surface area contributed by atoms with Gasteiger partial charge in [-0.2, -0.15) is 0 Å². The third kappa shape index (κ3) is 5.60. The van der Waals surface area contributed by atoms with Gasteiger partial charge < -0.3 is 24.4 Å². The van der Waals surface area contributed by atoms with Crippen LogP contribution >= 0.6 is 0 Å². The van der Waals surface area contributed by atoms with Gasteiger partial charge in [-0.3, -0.25) is 0 Å². The molecule has 1 aromatic carbocycles. The number of likely N-dealkylation sites (N-methyl/N-ethyl adjacent to an activating group) is 1. The number of carbonyl (C=O) groups is 1. The Bertz CT molecular complexity index is 494. The molecule has 134 valence electrons. The van der Waals surface area contributed by atoms with Crippen LogP contribution in [0.15, 0.2) is 24.3 Å². The molecule has 0 aliphatic carbocycles. The summed E-state index contributed by atoms with van der Waals surface area (Å²) in [6.45, 7) is 9.04. The van der Waals surface area contributed by atoms with Gasteiger partial charge in [-0.25, -0.2) is 4.79 Å². The molecule has 1 fully saturated rings. The molecule has 6 heteroatoms. The van der Waals surface area contributed by atoms with Crippen molar-refractivity contribution in [3.63, 3.8) is 0 Å². The highest BCUT2D eigenvalue weighted by Gasteiger charge is 2.23. The van der Waals surface area contributed by atoms with Gasteiger partial charge in [0.1, 0.15) is 24.2 Å². The highest BCUT2D eigenvalue weighted by atomic mass is 16.5. The molecule has 0 aromatic heterocycles. The minimum atomic E-state index is -0.848. The van der Waals surface area contributed by atoms with Crippen LogP contribution in [0.3, 0.4) is 0 Å². The van der Waals surface area contributed by atoms with E-state index in [-0.39, 0.29) is 6.10 Å². The number of likely N-dealkylation sites (tertiary alicyclic amines) is 1. The predicted molar refractivity (Wildman–Crippen MR) is 93.0 cm³/mol. The number of ether oxygens (including phenoxy) is 2. The van der Waals surface area contributed by atoms with Crippen LogP contribution in [0.5, 0.6) is 11.5 Å². The fourth-order valence-electron chi connectivity index (χ4n) is 2.80. The molecule has 0 unspecified atom stereocenters. The van der Waals surface area contributed by atoms with E-state index < -0.39 is 6.09 Å². The number of hydrogen-bond acceptors (Lipinski definition) is 4. The van der Waals surface area contributed by atoms with Gasteiger partial charge in [0.05, 0.1) is 0 Å².